The molecule has 2 aromatic carbocycles. The van der Waals surface area contributed by atoms with Crippen LogP contribution in [0.3, 0.4) is 0 Å². The number of carbonyl (C=O) groups is 1. The van der Waals surface area contributed by atoms with E-state index in [-0.39, 0.29) is 11.6 Å². The first kappa shape index (κ1) is 19.5. The van der Waals surface area contributed by atoms with Gasteiger partial charge in [0.15, 0.2) is 0 Å². The lowest BCUT2D eigenvalue weighted by Crippen LogP contribution is -2.43. The summed E-state index contributed by atoms with van der Waals surface area (Å²) in [5.41, 5.74) is 3.84. The number of amides is 1. The van der Waals surface area contributed by atoms with Crippen LogP contribution in [0.4, 0.5) is 0 Å². The third-order valence-corrected chi connectivity index (χ3v) is 5.54. The highest BCUT2D eigenvalue weighted by Gasteiger charge is 2.32. The van der Waals surface area contributed by atoms with Crippen LogP contribution in [0.5, 0.6) is 0 Å². The lowest BCUT2D eigenvalue weighted by molar-refractivity contribution is 0.0616. The number of H-pyrrole nitrogens is 1. The van der Waals surface area contributed by atoms with Crippen molar-refractivity contribution in [2.45, 2.75) is 33.2 Å². The Morgan fingerprint density at radius 2 is 1.68 bits per heavy atom. The van der Waals surface area contributed by atoms with Crippen LogP contribution in [0.15, 0.2) is 59.5 Å². The minimum absolute atomic E-state index is 0.250. The third-order valence-electron chi connectivity index (χ3n) is 5.54. The van der Waals surface area contributed by atoms with Gasteiger partial charge in [-0.25, -0.2) is 9.78 Å². The van der Waals surface area contributed by atoms with E-state index in [1.807, 2.05) is 76.2 Å². The Labute approximate surface area is 165 Å². The zero-order valence-electron chi connectivity index (χ0n) is 16.9. The van der Waals surface area contributed by atoms with Crippen LogP contribution in [0.2, 0.25) is 0 Å². The Morgan fingerprint density at radius 3 is 2.36 bits per heavy atom. The minimum atomic E-state index is -0.558. The van der Waals surface area contributed by atoms with Gasteiger partial charge in [0, 0.05) is 18.8 Å². The molecule has 3 rings (SSSR count). The number of aryl methyl sites for hydroxylation is 1. The van der Waals surface area contributed by atoms with E-state index < -0.39 is 11.2 Å². The zero-order chi connectivity index (χ0) is 20.5. The van der Waals surface area contributed by atoms with Crippen LogP contribution in [0.1, 0.15) is 41.0 Å². The average Bonchev–Trinajstić information content (AvgIpc) is 2.70. The number of aromatic nitrogens is 2. The van der Waals surface area contributed by atoms with Gasteiger partial charge in [0.1, 0.15) is 5.69 Å². The van der Waals surface area contributed by atoms with Gasteiger partial charge in [0.2, 0.25) is 0 Å². The molecule has 144 valence electrons. The summed E-state index contributed by atoms with van der Waals surface area (Å²) in [5.74, 6) is -0.260. The average molecular weight is 375 g/mol. The van der Waals surface area contributed by atoms with Crippen LogP contribution in [0.25, 0.3) is 11.1 Å². The van der Waals surface area contributed by atoms with Gasteiger partial charge in [0.05, 0.1) is 5.54 Å². The van der Waals surface area contributed by atoms with Crippen molar-refractivity contribution in [2.24, 2.45) is 0 Å². The van der Waals surface area contributed by atoms with Crippen molar-refractivity contribution < 1.29 is 4.79 Å². The second-order valence-electron chi connectivity index (χ2n) is 7.51. The highest BCUT2D eigenvalue weighted by molar-refractivity contribution is 5.99. The van der Waals surface area contributed by atoms with Gasteiger partial charge in [-0.05, 0) is 49.9 Å². The molecule has 0 aliphatic heterocycles. The molecule has 3 aromatic rings. The molecule has 0 radical (unpaired) electrons. The molecule has 0 spiro atoms. The zero-order valence-corrected chi connectivity index (χ0v) is 16.9. The Morgan fingerprint density at radius 1 is 1.00 bits per heavy atom. The maximum atomic E-state index is 13.4. The summed E-state index contributed by atoms with van der Waals surface area (Å²) in [4.78, 5) is 33.6. The summed E-state index contributed by atoms with van der Waals surface area (Å²) in [7, 11) is 1.75. The summed E-state index contributed by atoms with van der Waals surface area (Å²) in [6.45, 7) is 7.99. The van der Waals surface area contributed by atoms with Crippen LogP contribution < -0.4 is 5.69 Å². The first-order valence-electron chi connectivity index (χ1n) is 9.23. The monoisotopic (exact) mass is 375 g/mol. The molecular formula is C23H25N3O2. The van der Waals surface area contributed by atoms with Crippen molar-refractivity contribution in [3.8, 4) is 11.1 Å². The molecule has 0 saturated heterocycles. The summed E-state index contributed by atoms with van der Waals surface area (Å²) in [6, 6.07) is 15.7. The number of rotatable bonds is 4. The number of aromatic amines is 1. The summed E-state index contributed by atoms with van der Waals surface area (Å²) in [6.07, 6.45) is 1.48. The van der Waals surface area contributed by atoms with Crippen molar-refractivity contribution in [2.75, 3.05) is 7.05 Å². The lowest BCUT2D eigenvalue weighted by atomic mass is 9.91. The van der Waals surface area contributed by atoms with Crippen molar-refractivity contribution >= 4 is 5.91 Å². The fourth-order valence-corrected chi connectivity index (χ4v) is 3.27. The summed E-state index contributed by atoms with van der Waals surface area (Å²) >= 11 is 0. The quantitative estimate of drug-likeness (QED) is 0.748. The molecule has 5 nitrogen and oxygen atoms in total. The van der Waals surface area contributed by atoms with Crippen molar-refractivity contribution in [3.05, 3.63) is 87.6 Å². The topological polar surface area (TPSA) is 66.1 Å². The van der Waals surface area contributed by atoms with Gasteiger partial charge >= 0.3 is 5.69 Å². The number of hydrogen-bond donors (Lipinski definition) is 1. The SMILES string of the molecule is Cc1cccc(-c2cnc(=O)[nH]c2C(=O)N(C)C(C)(C)c2ccccc2)c1C. The van der Waals surface area contributed by atoms with Crippen LogP contribution >= 0.6 is 0 Å². The largest absolute Gasteiger partial charge is 0.345 e. The Hall–Kier alpha value is -3.21. The van der Waals surface area contributed by atoms with Crippen molar-refractivity contribution in [1.82, 2.24) is 14.9 Å². The molecule has 1 heterocycles. The molecular weight excluding hydrogens is 350 g/mol. The predicted octanol–water partition coefficient (Wildman–Crippen LogP) is 4.06. The summed E-state index contributed by atoms with van der Waals surface area (Å²) in [5, 5.41) is 0. The second-order valence-corrected chi connectivity index (χ2v) is 7.51. The van der Waals surface area contributed by atoms with E-state index in [0.29, 0.717) is 5.56 Å². The Bertz CT molecular complexity index is 1070. The van der Waals surface area contributed by atoms with E-state index in [1.54, 1.807) is 11.9 Å². The molecule has 5 heteroatoms. The Balaban J connectivity index is 2.11. The number of hydrogen-bond acceptors (Lipinski definition) is 3. The van der Waals surface area contributed by atoms with E-state index in [4.69, 9.17) is 0 Å². The lowest BCUT2D eigenvalue weighted by Gasteiger charge is -2.36. The maximum absolute atomic E-state index is 13.4. The normalized spacial score (nSPS) is 11.3. The fourth-order valence-electron chi connectivity index (χ4n) is 3.27. The van der Waals surface area contributed by atoms with Crippen molar-refractivity contribution in [3.63, 3.8) is 0 Å². The molecule has 28 heavy (non-hydrogen) atoms. The van der Waals surface area contributed by atoms with Crippen LogP contribution in [-0.2, 0) is 5.54 Å². The van der Waals surface area contributed by atoms with Gasteiger partial charge < -0.3 is 9.88 Å². The fraction of sp³-hybridized carbons (Fsp3) is 0.261. The number of benzene rings is 2. The number of nitrogens with zero attached hydrogens (tertiary/aromatic N) is 2. The van der Waals surface area contributed by atoms with Gasteiger partial charge in [-0.3, -0.25) is 4.79 Å². The highest BCUT2D eigenvalue weighted by atomic mass is 16.2. The molecule has 0 aliphatic rings. The number of carbonyl (C=O) groups excluding carboxylic acids is 1. The van der Waals surface area contributed by atoms with E-state index in [1.165, 1.54) is 6.20 Å². The molecule has 0 bridgehead atoms. The number of nitrogens with one attached hydrogen (secondary N) is 1. The third kappa shape index (κ3) is 3.48. The molecule has 0 unspecified atom stereocenters. The second kappa shape index (κ2) is 7.43. The van der Waals surface area contributed by atoms with Crippen molar-refractivity contribution in [1.29, 1.82) is 0 Å². The van der Waals surface area contributed by atoms with Gasteiger partial charge in [0.25, 0.3) is 5.91 Å². The van der Waals surface area contributed by atoms with E-state index in [9.17, 15) is 9.59 Å². The van der Waals surface area contributed by atoms with Gasteiger partial charge in [-0.15, -0.1) is 0 Å². The standard InChI is InChI=1S/C23H25N3O2/c1-15-10-9-13-18(16(15)2)19-14-24-22(28)25-20(19)21(27)26(5)23(3,4)17-11-7-6-8-12-17/h6-14H,1-5H3,(H,24,25,28). The van der Waals surface area contributed by atoms with Gasteiger partial charge in [-0.1, -0.05) is 48.5 Å². The van der Waals surface area contributed by atoms with Gasteiger partial charge in [-0.2, -0.15) is 0 Å². The predicted molar refractivity (Wildman–Crippen MR) is 111 cm³/mol. The molecule has 0 fully saturated rings. The van der Waals surface area contributed by atoms with E-state index in [0.717, 1.165) is 22.3 Å². The summed E-state index contributed by atoms with van der Waals surface area (Å²) < 4.78 is 0. The van der Waals surface area contributed by atoms with E-state index in [2.05, 4.69) is 9.97 Å². The highest BCUT2D eigenvalue weighted by Crippen LogP contribution is 2.31. The molecule has 0 aliphatic carbocycles. The minimum Gasteiger partial charge on any atom is -0.331 e. The van der Waals surface area contributed by atoms with E-state index >= 15 is 0 Å². The van der Waals surface area contributed by atoms with Crippen LogP contribution in [-0.4, -0.2) is 27.8 Å². The Kier molecular flexibility index (Phi) is 5.18. The molecule has 0 atom stereocenters. The van der Waals surface area contributed by atoms with Crippen LogP contribution in [0, 0.1) is 13.8 Å². The first-order chi connectivity index (χ1) is 13.2. The first-order valence-corrected chi connectivity index (χ1v) is 9.23. The molecule has 1 N–H and O–H groups in total. The molecule has 1 aromatic heterocycles. The smallest absolute Gasteiger partial charge is 0.331 e. The molecule has 0 saturated carbocycles. The molecule has 1 amide bonds. The maximum Gasteiger partial charge on any atom is 0.345 e.